The van der Waals surface area contributed by atoms with Crippen molar-refractivity contribution in [2.45, 2.75) is 0 Å². The van der Waals surface area contributed by atoms with Gasteiger partial charge >= 0.3 is 0 Å². The lowest BCUT2D eigenvalue weighted by Gasteiger charge is -2.05. The second-order valence-electron chi connectivity index (χ2n) is 2.78. The van der Waals surface area contributed by atoms with Crippen LogP contribution in [0.5, 0.6) is 11.5 Å². The van der Waals surface area contributed by atoms with E-state index < -0.39 is 0 Å². The number of rotatable bonds is 1. The minimum absolute atomic E-state index is 0.0945. The zero-order valence-electron chi connectivity index (χ0n) is 7.16. The first kappa shape index (κ1) is 7.79. The highest BCUT2D eigenvalue weighted by Gasteiger charge is 2.09. The van der Waals surface area contributed by atoms with Crippen LogP contribution >= 0.6 is 0 Å². The molecule has 0 saturated carbocycles. The molecule has 13 heavy (non-hydrogen) atoms. The second-order valence-corrected chi connectivity index (χ2v) is 2.78. The summed E-state index contributed by atoms with van der Waals surface area (Å²) in [6.07, 6.45) is 1.73. The molecule has 0 fully saturated rings. The Morgan fingerprint density at radius 3 is 3.00 bits per heavy atom. The molecule has 68 valence electrons. The molecule has 0 aliphatic rings. The van der Waals surface area contributed by atoms with Gasteiger partial charge in [-0.05, 0) is 6.07 Å². The third-order valence-corrected chi connectivity index (χ3v) is 2.03. The Kier molecular flexibility index (Phi) is 1.55. The maximum Gasteiger partial charge on any atom is 0.148 e. The number of H-pyrrole nitrogens is 1. The number of nitrogens with two attached hydrogens (primary N) is 1. The van der Waals surface area contributed by atoms with E-state index in [1.54, 1.807) is 25.4 Å². The Bertz CT molecular complexity index is 448. The zero-order chi connectivity index (χ0) is 9.42. The fraction of sp³-hybridized carbons (Fsp3) is 0.111. The molecule has 0 radical (unpaired) electrons. The number of phenols is 1. The average molecular weight is 178 g/mol. The Labute approximate surface area is 74.9 Å². The lowest BCUT2D eigenvalue weighted by molar-refractivity contribution is 0.418. The SMILES string of the molecule is COc1cc(N)c(O)c2cc[nH]c12. The third-order valence-electron chi connectivity index (χ3n) is 2.03. The van der Waals surface area contributed by atoms with Gasteiger partial charge in [0.1, 0.15) is 11.5 Å². The zero-order valence-corrected chi connectivity index (χ0v) is 7.16. The Balaban J connectivity index is 2.87. The van der Waals surface area contributed by atoms with Gasteiger partial charge in [0, 0.05) is 17.6 Å². The molecule has 0 aliphatic carbocycles. The first-order chi connectivity index (χ1) is 6.24. The summed E-state index contributed by atoms with van der Waals surface area (Å²) in [5.41, 5.74) is 6.66. The van der Waals surface area contributed by atoms with Crippen LogP contribution in [-0.4, -0.2) is 17.2 Å². The lowest BCUT2D eigenvalue weighted by atomic mass is 10.2. The largest absolute Gasteiger partial charge is 0.505 e. The van der Waals surface area contributed by atoms with Gasteiger partial charge in [-0.2, -0.15) is 0 Å². The highest BCUT2D eigenvalue weighted by molar-refractivity contribution is 5.95. The molecule has 0 unspecified atom stereocenters. The minimum Gasteiger partial charge on any atom is -0.505 e. The van der Waals surface area contributed by atoms with Gasteiger partial charge in [-0.1, -0.05) is 0 Å². The molecule has 0 spiro atoms. The van der Waals surface area contributed by atoms with Crippen molar-refractivity contribution in [2.24, 2.45) is 0 Å². The predicted octanol–water partition coefficient (Wildman–Crippen LogP) is 1.46. The summed E-state index contributed by atoms with van der Waals surface area (Å²) in [5, 5.41) is 10.2. The number of nitrogens with one attached hydrogen (secondary N) is 1. The first-order valence-corrected chi connectivity index (χ1v) is 3.86. The predicted molar refractivity (Wildman–Crippen MR) is 50.9 cm³/mol. The summed E-state index contributed by atoms with van der Waals surface area (Å²) in [7, 11) is 1.56. The molecule has 1 aromatic heterocycles. The number of methoxy groups -OCH3 is 1. The summed E-state index contributed by atoms with van der Waals surface area (Å²) < 4.78 is 5.10. The fourth-order valence-corrected chi connectivity index (χ4v) is 1.37. The monoisotopic (exact) mass is 178 g/mol. The van der Waals surface area contributed by atoms with Crippen molar-refractivity contribution in [1.82, 2.24) is 4.98 Å². The van der Waals surface area contributed by atoms with Crippen molar-refractivity contribution in [3.63, 3.8) is 0 Å². The van der Waals surface area contributed by atoms with Crippen LogP contribution in [0.2, 0.25) is 0 Å². The number of hydrogen-bond acceptors (Lipinski definition) is 3. The van der Waals surface area contributed by atoms with Crippen LogP contribution in [0.25, 0.3) is 10.9 Å². The molecule has 1 heterocycles. The number of aromatic hydroxyl groups is 1. The molecule has 2 rings (SSSR count). The lowest BCUT2D eigenvalue weighted by Crippen LogP contribution is -1.90. The highest BCUT2D eigenvalue weighted by Crippen LogP contribution is 2.36. The Morgan fingerprint density at radius 2 is 2.31 bits per heavy atom. The smallest absolute Gasteiger partial charge is 0.148 e. The van der Waals surface area contributed by atoms with E-state index in [2.05, 4.69) is 4.98 Å². The second kappa shape index (κ2) is 2.58. The molecular formula is C9H10N2O2. The van der Waals surface area contributed by atoms with E-state index in [9.17, 15) is 5.11 Å². The van der Waals surface area contributed by atoms with Crippen molar-refractivity contribution in [1.29, 1.82) is 0 Å². The summed E-state index contributed by atoms with van der Waals surface area (Å²) in [6, 6.07) is 3.34. The molecular weight excluding hydrogens is 168 g/mol. The Hall–Kier alpha value is -1.84. The molecule has 0 aliphatic heterocycles. The van der Waals surface area contributed by atoms with Crippen molar-refractivity contribution < 1.29 is 9.84 Å². The van der Waals surface area contributed by atoms with Crippen molar-refractivity contribution in [3.05, 3.63) is 18.3 Å². The van der Waals surface area contributed by atoms with Crippen molar-refractivity contribution in [2.75, 3.05) is 12.8 Å². The summed E-state index contributed by atoms with van der Waals surface area (Å²) >= 11 is 0. The van der Waals surface area contributed by atoms with Gasteiger partial charge in [0.05, 0.1) is 18.3 Å². The van der Waals surface area contributed by atoms with Crippen LogP contribution in [0.3, 0.4) is 0 Å². The molecule has 0 atom stereocenters. The van der Waals surface area contributed by atoms with E-state index in [0.717, 1.165) is 5.52 Å². The number of nitrogen functional groups attached to an aromatic ring is 1. The number of aromatic nitrogens is 1. The summed E-state index contributed by atoms with van der Waals surface area (Å²) in [4.78, 5) is 2.97. The normalized spacial score (nSPS) is 10.5. The van der Waals surface area contributed by atoms with Crippen LogP contribution in [0.1, 0.15) is 0 Å². The third kappa shape index (κ3) is 0.989. The molecule has 4 N–H and O–H groups in total. The molecule has 0 amide bonds. The maximum atomic E-state index is 9.57. The van der Waals surface area contributed by atoms with E-state index in [-0.39, 0.29) is 5.75 Å². The van der Waals surface area contributed by atoms with E-state index in [1.807, 2.05) is 0 Å². The molecule has 1 aromatic carbocycles. The van der Waals surface area contributed by atoms with Crippen LogP contribution < -0.4 is 10.5 Å². The van der Waals surface area contributed by atoms with Crippen molar-refractivity contribution in [3.8, 4) is 11.5 Å². The number of aromatic amines is 1. The minimum atomic E-state index is 0.0945. The van der Waals surface area contributed by atoms with Gasteiger partial charge in [0.25, 0.3) is 0 Å². The molecule has 2 aromatic rings. The van der Waals surface area contributed by atoms with E-state index in [0.29, 0.717) is 16.8 Å². The van der Waals surface area contributed by atoms with Crippen LogP contribution in [0.4, 0.5) is 5.69 Å². The number of ether oxygens (including phenoxy) is 1. The number of anilines is 1. The summed E-state index contributed by atoms with van der Waals surface area (Å²) in [5.74, 6) is 0.729. The highest BCUT2D eigenvalue weighted by atomic mass is 16.5. The molecule has 4 nitrogen and oxygen atoms in total. The average Bonchev–Trinajstić information content (AvgIpc) is 2.60. The molecule has 4 heteroatoms. The van der Waals surface area contributed by atoms with Crippen LogP contribution in [0.15, 0.2) is 18.3 Å². The summed E-state index contributed by atoms with van der Waals surface area (Å²) in [6.45, 7) is 0. The first-order valence-electron chi connectivity index (χ1n) is 3.86. The number of hydrogen-bond donors (Lipinski definition) is 3. The molecule has 0 bridgehead atoms. The van der Waals surface area contributed by atoms with E-state index >= 15 is 0 Å². The van der Waals surface area contributed by atoms with Gasteiger partial charge in [-0.15, -0.1) is 0 Å². The Morgan fingerprint density at radius 1 is 1.54 bits per heavy atom. The van der Waals surface area contributed by atoms with Gasteiger partial charge < -0.3 is 20.6 Å². The van der Waals surface area contributed by atoms with Crippen LogP contribution in [-0.2, 0) is 0 Å². The fourth-order valence-electron chi connectivity index (χ4n) is 1.37. The van der Waals surface area contributed by atoms with Crippen LogP contribution in [0, 0.1) is 0 Å². The maximum absolute atomic E-state index is 9.57. The topological polar surface area (TPSA) is 71.3 Å². The van der Waals surface area contributed by atoms with E-state index in [4.69, 9.17) is 10.5 Å². The number of phenolic OH excluding ortho intramolecular Hbond substituents is 1. The standard InChI is InChI=1S/C9H10N2O2/c1-13-7-4-6(10)9(12)5-2-3-11-8(5)7/h2-4,11-12H,10H2,1H3. The quantitative estimate of drug-likeness (QED) is 0.457. The van der Waals surface area contributed by atoms with Gasteiger partial charge in [0.15, 0.2) is 0 Å². The van der Waals surface area contributed by atoms with Crippen molar-refractivity contribution >= 4 is 16.6 Å². The number of benzene rings is 1. The molecule has 0 saturated heterocycles. The van der Waals surface area contributed by atoms with Gasteiger partial charge in [0.2, 0.25) is 0 Å². The number of fused-ring (bicyclic) bond motifs is 1. The van der Waals surface area contributed by atoms with Gasteiger partial charge in [-0.25, -0.2) is 0 Å². The van der Waals surface area contributed by atoms with Gasteiger partial charge in [-0.3, -0.25) is 0 Å². The van der Waals surface area contributed by atoms with E-state index in [1.165, 1.54) is 0 Å².